The van der Waals surface area contributed by atoms with E-state index in [1.807, 2.05) is 0 Å². The lowest BCUT2D eigenvalue weighted by molar-refractivity contribution is -0.164. The Morgan fingerprint density at radius 1 is 1.26 bits per heavy atom. The molecular formula is C17H17NO5. The second-order valence-corrected chi connectivity index (χ2v) is 6.49. The maximum Gasteiger partial charge on any atom is 0.421 e. The highest BCUT2D eigenvalue weighted by Crippen LogP contribution is 2.46. The second-order valence-electron chi connectivity index (χ2n) is 6.49. The molecule has 23 heavy (non-hydrogen) atoms. The van der Waals surface area contributed by atoms with Crippen molar-refractivity contribution in [2.24, 2.45) is 0 Å². The Morgan fingerprint density at radius 3 is 2.61 bits per heavy atom. The number of carbonyl (C=O) groups is 3. The summed E-state index contributed by atoms with van der Waals surface area (Å²) in [6.07, 6.45) is 2.27. The SMILES string of the molecule is CC(C)(C)OC(=O)N1C(=O)C2(CC=CC(=O)O2)c2ccccc21. The molecule has 1 atom stereocenters. The Labute approximate surface area is 133 Å². The molecule has 0 bridgehead atoms. The van der Waals surface area contributed by atoms with Crippen molar-refractivity contribution in [2.75, 3.05) is 4.90 Å². The van der Waals surface area contributed by atoms with Crippen LogP contribution in [0.5, 0.6) is 0 Å². The van der Waals surface area contributed by atoms with Crippen molar-refractivity contribution in [1.82, 2.24) is 0 Å². The molecule has 1 aromatic carbocycles. The van der Waals surface area contributed by atoms with Crippen molar-refractivity contribution in [3.05, 3.63) is 42.0 Å². The lowest BCUT2D eigenvalue weighted by Crippen LogP contribution is -2.47. The summed E-state index contributed by atoms with van der Waals surface area (Å²) in [5.74, 6) is -1.21. The molecular weight excluding hydrogens is 298 g/mol. The van der Waals surface area contributed by atoms with Gasteiger partial charge in [-0.05, 0) is 26.8 Å². The summed E-state index contributed by atoms with van der Waals surface area (Å²) in [6, 6.07) is 6.77. The van der Waals surface area contributed by atoms with E-state index >= 15 is 0 Å². The van der Waals surface area contributed by atoms with E-state index in [1.54, 1.807) is 51.1 Å². The van der Waals surface area contributed by atoms with Gasteiger partial charge in [0, 0.05) is 18.1 Å². The quantitative estimate of drug-likeness (QED) is 0.688. The van der Waals surface area contributed by atoms with Gasteiger partial charge in [0.2, 0.25) is 5.60 Å². The third-order valence-electron chi connectivity index (χ3n) is 3.64. The number of para-hydroxylation sites is 1. The highest BCUT2D eigenvalue weighted by molar-refractivity contribution is 6.21. The Balaban J connectivity index is 2.08. The smallest absolute Gasteiger partial charge is 0.421 e. The van der Waals surface area contributed by atoms with Crippen LogP contribution < -0.4 is 4.90 Å². The van der Waals surface area contributed by atoms with E-state index in [4.69, 9.17) is 9.47 Å². The van der Waals surface area contributed by atoms with Crippen molar-refractivity contribution in [3.8, 4) is 0 Å². The molecule has 1 unspecified atom stereocenters. The first-order valence-corrected chi connectivity index (χ1v) is 7.31. The van der Waals surface area contributed by atoms with E-state index in [-0.39, 0.29) is 6.42 Å². The predicted molar refractivity (Wildman–Crippen MR) is 81.7 cm³/mol. The molecule has 0 fully saturated rings. The van der Waals surface area contributed by atoms with Crippen LogP contribution in [-0.4, -0.2) is 23.6 Å². The van der Waals surface area contributed by atoms with Crippen LogP contribution in [0.4, 0.5) is 10.5 Å². The molecule has 0 saturated heterocycles. The first-order valence-electron chi connectivity index (χ1n) is 7.31. The summed E-state index contributed by atoms with van der Waals surface area (Å²) in [5, 5.41) is 0. The minimum absolute atomic E-state index is 0.188. The molecule has 120 valence electrons. The molecule has 6 heteroatoms. The maximum atomic E-state index is 12.9. The van der Waals surface area contributed by atoms with Gasteiger partial charge in [0.05, 0.1) is 5.69 Å². The molecule has 0 aliphatic carbocycles. The van der Waals surface area contributed by atoms with Crippen LogP contribution in [0.2, 0.25) is 0 Å². The highest BCUT2D eigenvalue weighted by Gasteiger charge is 2.56. The summed E-state index contributed by atoms with van der Waals surface area (Å²) < 4.78 is 10.7. The summed E-state index contributed by atoms with van der Waals surface area (Å²) in [6.45, 7) is 5.16. The van der Waals surface area contributed by atoms with E-state index in [0.717, 1.165) is 4.90 Å². The van der Waals surface area contributed by atoms with Gasteiger partial charge in [-0.15, -0.1) is 0 Å². The van der Waals surface area contributed by atoms with Crippen LogP contribution in [0.1, 0.15) is 32.8 Å². The van der Waals surface area contributed by atoms with Crippen LogP contribution in [0.15, 0.2) is 36.4 Å². The molecule has 1 aromatic rings. The zero-order chi connectivity index (χ0) is 16.8. The third-order valence-corrected chi connectivity index (χ3v) is 3.64. The van der Waals surface area contributed by atoms with Crippen molar-refractivity contribution >= 4 is 23.7 Å². The van der Waals surface area contributed by atoms with Crippen LogP contribution in [0, 0.1) is 0 Å². The van der Waals surface area contributed by atoms with Gasteiger partial charge in [-0.3, -0.25) is 4.79 Å². The van der Waals surface area contributed by atoms with Crippen LogP contribution in [0.3, 0.4) is 0 Å². The maximum absolute atomic E-state index is 12.9. The Kier molecular flexibility index (Phi) is 3.28. The molecule has 1 spiro atoms. The van der Waals surface area contributed by atoms with E-state index in [9.17, 15) is 14.4 Å². The molecule has 2 heterocycles. The molecule has 2 amide bonds. The average molecular weight is 315 g/mol. The van der Waals surface area contributed by atoms with Crippen LogP contribution in [-0.2, 0) is 24.7 Å². The number of esters is 1. The lowest BCUT2D eigenvalue weighted by atomic mass is 9.90. The van der Waals surface area contributed by atoms with E-state index in [0.29, 0.717) is 11.3 Å². The summed E-state index contributed by atoms with van der Waals surface area (Å²) in [5.41, 5.74) is -1.35. The molecule has 0 aromatic heterocycles. The largest absolute Gasteiger partial charge is 0.443 e. The monoisotopic (exact) mass is 315 g/mol. The van der Waals surface area contributed by atoms with Crippen molar-refractivity contribution in [3.63, 3.8) is 0 Å². The van der Waals surface area contributed by atoms with Gasteiger partial charge in [-0.2, -0.15) is 0 Å². The van der Waals surface area contributed by atoms with Crippen molar-refractivity contribution in [2.45, 2.75) is 38.4 Å². The molecule has 0 saturated carbocycles. The third kappa shape index (κ3) is 2.40. The zero-order valence-corrected chi connectivity index (χ0v) is 13.2. The minimum Gasteiger partial charge on any atom is -0.443 e. The number of ether oxygens (including phenoxy) is 2. The molecule has 0 N–H and O–H groups in total. The number of anilines is 1. The van der Waals surface area contributed by atoms with Gasteiger partial charge in [0.15, 0.2) is 0 Å². The van der Waals surface area contributed by atoms with E-state index < -0.39 is 29.2 Å². The molecule has 2 aliphatic heterocycles. The first kappa shape index (κ1) is 15.3. The number of imide groups is 1. The van der Waals surface area contributed by atoms with Gasteiger partial charge in [-0.1, -0.05) is 24.3 Å². The summed E-state index contributed by atoms with van der Waals surface area (Å²) in [7, 11) is 0. The number of nitrogens with zero attached hydrogens (tertiary/aromatic N) is 1. The number of fused-ring (bicyclic) bond motifs is 2. The fraction of sp³-hybridized carbons (Fsp3) is 0.353. The highest BCUT2D eigenvalue weighted by atomic mass is 16.6. The number of hydrogen-bond donors (Lipinski definition) is 0. The Hall–Kier alpha value is -2.63. The fourth-order valence-corrected chi connectivity index (χ4v) is 2.77. The van der Waals surface area contributed by atoms with Gasteiger partial charge in [-0.25, -0.2) is 14.5 Å². The molecule has 0 radical (unpaired) electrons. The number of rotatable bonds is 0. The lowest BCUT2D eigenvalue weighted by Gasteiger charge is -2.29. The fourth-order valence-electron chi connectivity index (χ4n) is 2.77. The standard InChI is InChI=1S/C17H17NO5/c1-16(2,3)23-15(21)18-12-8-5-4-7-11(12)17(14(18)20)10-6-9-13(19)22-17/h4-9H,10H2,1-3H3. The van der Waals surface area contributed by atoms with E-state index in [1.165, 1.54) is 6.08 Å². The van der Waals surface area contributed by atoms with Gasteiger partial charge in [0.1, 0.15) is 5.60 Å². The molecule has 6 nitrogen and oxygen atoms in total. The van der Waals surface area contributed by atoms with Crippen LogP contribution in [0.25, 0.3) is 0 Å². The molecule has 2 aliphatic rings. The minimum atomic E-state index is -1.49. The van der Waals surface area contributed by atoms with Crippen molar-refractivity contribution in [1.29, 1.82) is 0 Å². The van der Waals surface area contributed by atoms with Gasteiger partial charge < -0.3 is 9.47 Å². The average Bonchev–Trinajstić information content (AvgIpc) is 2.67. The number of hydrogen-bond acceptors (Lipinski definition) is 5. The Morgan fingerprint density at radius 2 is 1.96 bits per heavy atom. The normalized spacial score (nSPS) is 23.0. The van der Waals surface area contributed by atoms with Gasteiger partial charge >= 0.3 is 12.1 Å². The predicted octanol–water partition coefficient (Wildman–Crippen LogP) is 2.67. The number of amides is 2. The topological polar surface area (TPSA) is 72.9 Å². The molecule has 3 rings (SSSR count). The first-order chi connectivity index (χ1) is 10.7. The van der Waals surface area contributed by atoms with Crippen molar-refractivity contribution < 1.29 is 23.9 Å². The summed E-state index contributed by atoms with van der Waals surface area (Å²) in [4.78, 5) is 38.0. The van der Waals surface area contributed by atoms with Crippen LogP contribution >= 0.6 is 0 Å². The van der Waals surface area contributed by atoms with E-state index in [2.05, 4.69) is 0 Å². The Bertz CT molecular complexity index is 731. The number of benzene rings is 1. The number of carbonyl (C=O) groups excluding carboxylic acids is 3. The van der Waals surface area contributed by atoms with Gasteiger partial charge in [0.25, 0.3) is 5.91 Å². The summed E-state index contributed by atoms with van der Waals surface area (Å²) >= 11 is 0. The zero-order valence-electron chi connectivity index (χ0n) is 13.2. The second kappa shape index (κ2) is 4.94.